The Kier molecular flexibility index (Phi) is 7.61. The number of hydrogen-bond donors (Lipinski definition) is 0. The first-order valence-corrected chi connectivity index (χ1v) is 11.7. The third-order valence-corrected chi connectivity index (χ3v) is 6.33. The lowest BCUT2D eigenvalue weighted by Gasteiger charge is -2.32. The van der Waals surface area contributed by atoms with Crippen LogP contribution in [0.4, 0.5) is 0 Å². The Hall–Kier alpha value is -3.34. The summed E-state index contributed by atoms with van der Waals surface area (Å²) >= 11 is 0. The number of methoxy groups -OCH3 is 1. The highest BCUT2D eigenvalue weighted by Crippen LogP contribution is 2.37. The predicted octanol–water partition coefficient (Wildman–Crippen LogP) is 5.21. The maximum atomic E-state index is 13.8. The van der Waals surface area contributed by atoms with Crippen molar-refractivity contribution in [3.05, 3.63) is 90.0 Å². The largest absolute Gasteiger partial charge is 0.496 e. The second-order valence-corrected chi connectivity index (χ2v) is 8.50. The summed E-state index contributed by atoms with van der Waals surface area (Å²) in [5, 5.41) is 0. The minimum Gasteiger partial charge on any atom is -0.496 e. The number of hydrogen-bond acceptors (Lipinski definition) is 4. The SMILES string of the molecule is COc1ccccc1[C@@H](C(=O)O[C@@H](C(=O)N1CCCCC1)c1ccccc1)C1C=CCC=C1. The van der Waals surface area contributed by atoms with Gasteiger partial charge in [0.05, 0.1) is 13.0 Å². The van der Waals surface area contributed by atoms with Crippen molar-refractivity contribution in [1.82, 2.24) is 4.90 Å². The van der Waals surface area contributed by atoms with Crippen molar-refractivity contribution in [2.24, 2.45) is 5.92 Å². The van der Waals surface area contributed by atoms with Crippen LogP contribution in [0.5, 0.6) is 5.75 Å². The number of amides is 1. The Bertz CT molecular complexity index is 996. The summed E-state index contributed by atoms with van der Waals surface area (Å²) in [7, 11) is 1.60. The number of nitrogens with zero attached hydrogens (tertiary/aromatic N) is 1. The molecule has 0 N–H and O–H groups in total. The topological polar surface area (TPSA) is 55.8 Å². The summed E-state index contributed by atoms with van der Waals surface area (Å²) in [5.74, 6) is -0.744. The monoisotopic (exact) mass is 445 g/mol. The number of likely N-dealkylation sites (tertiary alicyclic amines) is 1. The number of rotatable bonds is 7. The predicted molar refractivity (Wildman–Crippen MR) is 128 cm³/mol. The molecular formula is C28H31NO4. The van der Waals surface area contributed by atoms with E-state index in [2.05, 4.69) is 0 Å². The fraction of sp³-hybridized carbons (Fsp3) is 0.357. The maximum absolute atomic E-state index is 13.8. The second-order valence-electron chi connectivity index (χ2n) is 8.50. The number of benzene rings is 2. The minimum atomic E-state index is -0.967. The second kappa shape index (κ2) is 11.0. The Labute approximate surface area is 195 Å². The van der Waals surface area contributed by atoms with E-state index in [0.717, 1.165) is 31.2 Å². The molecule has 0 radical (unpaired) electrons. The van der Waals surface area contributed by atoms with Crippen molar-refractivity contribution in [2.75, 3.05) is 20.2 Å². The molecule has 4 rings (SSSR count). The molecule has 0 unspecified atom stereocenters. The lowest BCUT2D eigenvalue weighted by Crippen LogP contribution is -2.40. The van der Waals surface area contributed by atoms with Gasteiger partial charge in [0.2, 0.25) is 6.10 Å². The van der Waals surface area contributed by atoms with Crippen LogP contribution in [0.15, 0.2) is 78.9 Å². The molecule has 1 amide bonds. The highest BCUT2D eigenvalue weighted by molar-refractivity contribution is 5.87. The smallest absolute Gasteiger partial charge is 0.315 e. The molecule has 1 saturated heterocycles. The number of allylic oxidation sites excluding steroid dienone is 4. The van der Waals surface area contributed by atoms with Gasteiger partial charge in [0.1, 0.15) is 5.75 Å². The van der Waals surface area contributed by atoms with Gasteiger partial charge in [-0.1, -0.05) is 72.8 Å². The van der Waals surface area contributed by atoms with Crippen LogP contribution in [0, 0.1) is 5.92 Å². The van der Waals surface area contributed by atoms with Crippen LogP contribution in [-0.4, -0.2) is 37.0 Å². The van der Waals surface area contributed by atoms with Crippen LogP contribution in [0.1, 0.15) is 48.8 Å². The molecule has 5 heteroatoms. The van der Waals surface area contributed by atoms with Gasteiger partial charge in [-0.25, -0.2) is 0 Å². The van der Waals surface area contributed by atoms with Gasteiger partial charge in [0, 0.05) is 30.1 Å². The van der Waals surface area contributed by atoms with Crippen molar-refractivity contribution in [1.29, 1.82) is 0 Å². The first kappa shape index (κ1) is 22.8. The quantitative estimate of drug-likeness (QED) is 0.434. The lowest BCUT2D eigenvalue weighted by molar-refractivity contribution is -0.163. The van der Waals surface area contributed by atoms with E-state index >= 15 is 0 Å². The highest BCUT2D eigenvalue weighted by Gasteiger charge is 2.36. The van der Waals surface area contributed by atoms with E-state index in [0.29, 0.717) is 24.4 Å². The van der Waals surface area contributed by atoms with E-state index in [4.69, 9.17) is 9.47 Å². The molecule has 0 spiro atoms. The van der Waals surface area contributed by atoms with Gasteiger partial charge < -0.3 is 14.4 Å². The van der Waals surface area contributed by atoms with Gasteiger partial charge in [-0.05, 0) is 31.7 Å². The van der Waals surface area contributed by atoms with E-state index in [1.807, 2.05) is 83.8 Å². The summed E-state index contributed by atoms with van der Waals surface area (Å²) in [6.45, 7) is 1.40. The molecule has 0 aromatic heterocycles. The third-order valence-electron chi connectivity index (χ3n) is 6.33. The lowest BCUT2D eigenvalue weighted by atomic mass is 9.83. The number of carbonyl (C=O) groups is 2. The Morgan fingerprint density at radius 2 is 1.58 bits per heavy atom. The van der Waals surface area contributed by atoms with E-state index in [9.17, 15) is 9.59 Å². The number of esters is 1. The Morgan fingerprint density at radius 3 is 2.27 bits per heavy atom. The maximum Gasteiger partial charge on any atom is 0.315 e. The third kappa shape index (κ3) is 5.36. The molecule has 1 aliphatic heterocycles. The Morgan fingerprint density at radius 1 is 0.909 bits per heavy atom. The van der Waals surface area contributed by atoms with Gasteiger partial charge >= 0.3 is 5.97 Å². The summed E-state index contributed by atoms with van der Waals surface area (Å²) in [6.07, 6.45) is 11.1. The first-order valence-electron chi connectivity index (χ1n) is 11.7. The van der Waals surface area contributed by atoms with Crippen molar-refractivity contribution < 1.29 is 19.1 Å². The van der Waals surface area contributed by atoms with Crippen LogP contribution in [0.2, 0.25) is 0 Å². The van der Waals surface area contributed by atoms with Gasteiger partial charge in [-0.2, -0.15) is 0 Å². The van der Waals surface area contributed by atoms with E-state index in [-0.39, 0.29) is 11.8 Å². The fourth-order valence-corrected chi connectivity index (χ4v) is 4.61. The number of carbonyl (C=O) groups excluding carboxylic acids is 2. The molecule has 5 nitrogen and oxygen atoms in total. The van der Waals surface area contributed by atoms with Crippen LogP contribution in [0.25, 0.3) is 0 Å². The molecule has 1 aliphatic carbocycles. The van der Waals surface area contributed by atoms with E-state index in [1.165, 1.54) is 0 Å². The summed E-state index contributed by atoms with van der Waals surface area (Å²) in [6, 6.07) is 16.8. The van der Waals surface area contributed by atoms with Gasteiger partial charge in [0.15, 0.2) is 0 Å². The van der Waals surface area contributed by atoms with Crippen LogP contribution < -0.4 is 4.74 Å². The Balaban J connectivity index is 1.67. The minimum absolute atomic E-state index is 0.150. The van der Waals surface area contributed by atoms with Gasteiger partial charge in [0.25, 0.3) is 5.91 Å². The average molecular weight is 446 g/mol. The molecular weight excluding hydrogens is 414 g/mol. The number of ether oxygens (including phenoxy) is 2. The van der Waals surface area contributed by atoms with Gasteiger partial charge in [-0.3, -0.25) is 9.59 Å². The standard InChI is InChI=1S/C28H31NO4/c1-32-24-18-10-9-17-23(24)25(21-13-5-2-6-14-21)28(31)33-26(22-15-7-3-8-16-22)27(30)29-19-11-4-12-20-29/h3,5-10,13-18,21,25-26H,2,4,11-12,19-20H2,1H3/t25-,26+/m0/s1. The molecule has 1 fully saturated rings. The van der Waals surface area contributed by atoms with Crippen LogP contribution in [0.3, 0.4) is 0 Å². The van der Waals surface area contributed by atoms with Crippen molar-refractivity contribution in [3.63, 3.8) is 0 Å². The summed E-state index contributed by atoms with van der Waals surface area (Å²) in [5.41, 5.74) is 1.44. The average Bonchev–Trinajstić information content (AvgIpc) is 2.89. The summed E-state index contributed by atoms with van der Waals surface area (Å²) < 4.78 is 11.6. The van der Waals surface area contributed by atoms with E-state index in [1.54, 1.807) is 7.11 Å². The molecule has 2 aliphatic rings. The van der Waals surface area contributed by atoms with Crippen molar-refractivity contribution in [2.45, 2.75) is 37.7 Å². The number of piperidine rings is 1. The molecule has 2 aromatic carbocycles. The molecule has 0 bridgehead atoms. The molecule has 0 saturated carbocycles. The molecule has 2 atom stereocenters. The van der Waals surface area contributed by atoms with Crippen molar-refractivity contribution >= 4 is 11.9 Å². The molecule has 2 aromatic rings. The fourth-order valence-electron chi connectivity index (χ4n) is 4.61. The zero-order valence-electron chi connectivity index (χ0n) is 19.1. The zero-order valence-corrected chi connectivity index (χ0v) is 19.1. The van der Waals surface area contributed by atoms with Gasteiger partial charge in [-0.15, -0.1) is 0 Å². The normalized spacial score (nSPS) is 17.9. The van der Waals surface area contributed by atoms with Crippen LogP contribution >= 0.6 is 0 Å². The molecule has 172 valence electrons. The number of para-hydroxylation sites is 1. The first-order chi connectivity index (χ1) is 16.2. The molecule has 33 heavy (non-hydrogen) atoms. The zero-order chi connectivity index (χ0) is 23.0. The summed E-state index contributed by atoms with van der Waals surface area (Å²) in [4.78, 5) is 29.1. The van der Waals surface area contributed by atoms with E-state index < -0.39 is 18.0 Å². The van der Waals surface area contributed by atoms with Crippen LogP contribution in [-0.2, 0) is 14.3 Å². The molecule has 1 heterocycles. The van der Waals surface area contributed by atoms with Crippen molar-refractivity contribution in [3.8, 4) is 5.75 Å². The highest BCUT2D eigenvalue weighted by atomic mass is 16.5.